The highest BCUT2D eigenvalue weighted by Crippen LogP contribution is 2.34. The van der Waals surface area contributed by atoms with Crippen LogP contribution in [0.25, 0.3) is 21.9 Å². The second-order valence-electron chi connectivity index (χ2n) is 5.06. The number of fused-ring (bicyclic) bond motifs is 3. The van der Waals surface area contributed by atoms with Crippen LogP contribution in [-0.2, 0) is 0 Å². The molecular weight excluding hydrogens is 423 g/mol. The van der Waals surface area contributed by atoms with E-state index < -0.39 is 0 Å². The van der Waals surface area contributed by atoms with E-state index in [1.807, 2.05) is 18.2 Å². The van der Waals surface area contributed by atoms with Crippen LogP contribution in [0.15, 0.2) is 74.0 Å². The van der Waals surface area contributed by atoms with E-state index in [2.05, 4.69) is 74.3 Å². The molecule has 0 radical (unpaired) electrons. The lowest BCUT2D eigenvalue weighted by Gasteiger charge is -2.05. The van der Waals surface area contributed by atoms with E-state index in [0.29, 0.717) is 8.58 Å². The topological polar surface area (TPSA) is 13.1 Å². The lowest BCUT2D eigenvalue weighted by atomic mass is 10.1. The summed E-state index contributed by atoms with van der Waals surface area (Å²) in [5.74, 6) is 0. The molecule has 3 aromatic carbocycles. The Bertz CT molecular complexity index is 977. The van der Waals surface area contributed by atoms with Gasteiger partial charge in [-0.05, 0) is 40.9 Å². The van der Waals surface area contributed by atoms with Gasteiger partial charge in [0, 0.05) is 19.7 Å². The van der Waals surface area contributed by atoms with Gasteiger partial charge in [0.05, 0.1) is 0 Å². The molecule has 0 spiro atoms. The van der Waals surface area contributed by atoms with Gasteiger partial charge in [0.15, 0.2) is 0 Å². The van der Waals surface area contributed by atoms with Crippen molar-refractivity contribution in [3.63, 3.8) is 0 Å². The molecular formula is C18H11Br2OP. The van der Waals surface area contributed by atoms with Gasteiger partial charge in [-0.2, -0.15) is 0 Å². The largest absolute Gasteiger partial charge is 0.456 e. The average Bonchev–Trinajstić information content (AvgIpc) is 2.85. The minimum absolute atomic E-state index is 0.599. The van der Waals surface area contributed by atoms with E-state index in [0.717, 1.165) is 25.5 Å². The molecule has 22 heavy (non-hydrogen) atoms. The maximum absolute atomic E-state index is 6.02. The normalized spacial score (nSPS) is 11.9. The summed E-state index contributed by atoms with van der Waals surface area (Å²) in [5, 5.41) is 5.00. The Kier molecular flexibility index (Phi) is 3.81. The van der Waals surface area contributed by atoms with Crippen molar-refractivity contribution < 1.29 is 4.42 Å². The van der Waals surface area contributed by atoms with Gasteiger partial charge in [0.2, 0.25) is 0 Å². The van der Waals surface area contributed by atoms with Crippen LogP contribution in [0.3, 0.4) is 0 Å². The highest BCUT2D eigenvalue weighted by atomic mass is 79.9. The minimum Gasteiger partial charge on any atom is -0.456 e. The average molecular weight is 434 g/mol. The van der Waals surface area contributed by atoms with Crippen molar-refractivity contribution in [2.24, 2.45) is 0 Å². The third-order valence-electron chi connectivity index (χ3n) is 3.55. The van der Waals surface area contributed by atoms with Crippen LogP contribution in [-0.4, -0.2) is 0 Å². The SMILES string of the molecule is Brc1cc(Pc2ccccc2)c2c(c1)oc1ccc(Br)cc12. The Morgan fingerprint density at radius 1 is 0.773 bits per heavy atom. The van der Waals surface area contributed by atoms with Crippen LogP contribution in [0, 0.1) is 0 Å². The van der Waals surface area contributed by atoms with E-state index >= 15 is 0 Å². The fraction of sp³-hybridized carbons (Fsp3) is 0. The number of furan rings is 1. The third-order valence-corrected chi connectivity index (χ3v) is 5.79. The van der Waals surface area contributed by atoms with E-state index in [4.69, 9.17) is 4.42 Å². The number of benzene rings is 3. The fourth-order valence-electron chi connectivity index (χ4n) is 2.62. The maximum atomic E-state index is 6.02. The molecule has 1 nitrogen and oxygen atoms in total. The standard InChI is InChI=1S/C18H11Br2OP/c19-11-6-7-15-14(8-11)18-16(21-15)9-12(20)10-17(18)22-13-4-2-1-3-5-13/h1-10,22H. The fourth-order valence-corrected chi connectivity index (χ4v) is 4.91. The summed E-state index contributed by atoms with van der Waals surface area (Å²) < 4.78 is 8.14. The van der Waals surface area contributed by atoms with Gasteiger partial charge >= 0.3 is 0 Å². The second kappa shape index (κ2) is 5.81. The van der Waals surface area contributed by atoms with Crippen molar-refractivity contribution >= 4 is 73.0 Å². The molecule has 0 fully saturated rings. The van der Waals surface area contributed by atoms with E-state index in [9.17, 15) is 0 Å². The Hall–Kier alpha value is -1.15. The molecule has 1 heterocycles. The quantitative estimate of drug-likeness (QED) is 0.367. The second-order valence-corrected chi connectivity index (χ2v) is 8.26. The molecule has 1 aromatic heterocycles. The molecule has 0 aliphatic rings. The molecule has 0 aliphatic carbocycles. The Morgan fingerprint density at radius 3 is 2.41 bits per heavy atom. The Morgan fingerprint density at radius 2 is 1.59 bits per heavy atom. The zero-order valence-corrected chi connectivity index (χ0v) is 15.6. The summed E-state index contributed by atoms with van der Waals surface area (Å²) in [6.07, 6.45) is 0. The molecule has 0 saturated carbocycles. The van der Waals surface area contributed by atoms with Crippen molar-refractivity contribution in [3.8, 4) is 0 Å². The zero-order chi connectivity index (χ0) is 15.1. The van der Waals surface area contributed by atoms with E-state index in [1.165, 1.54) is 16.0 Å². The predicted molar refractivity (Wildman–Crippen MR) is 103 cm³/mol. The van der Waals surface area contributed by atoms with E-state index in [-0.39, 0.29) is 0 Å². The highest BCUT2D eigenvalue weighted by Gasteiger charge is 2.13. The smallest absolute Gasteiger partial charge is 0.137 e. The summed E-state index contributed by atoms with van der Waals surface area (Å²) in [5.41, 5.74) is 1.86. The Labute approximate surface area is 146 Å². The number of hydrogen-bond donors (Lipinski definition) is 0. The first kappa shape index (κ1) is 14.4. The molecule has 4 heteroatoms. The molecule has 108 valence electrons. The van der Waals surface area contributed by atoms with Crippen molar-refractivity contribution in [3.05, 3.63) is 69.6 Å². The Balaban J connectivity index is 1.99. The summed E-state index contributed by atoms with van der Waals surface area (Å²) in [6, 6.07) is 21.0. The zero-order valence-electron chi connectivity index (χ0n) is 11.4. The van der Waals surface area contributed by atoms with Crippen LogP contribution in [0.5, 0.6) is 0 Å². The van der Waals surface area contributed by atoms with Crippen LogP contribution < -0.4 is 10.6 Å². The molecule has 4 rings (SSSR count). The van der Waals surface area contributed by atoms with Gasteiger partial charge in [-0.15, -0.1) is 0 Å². The molecule has 1 unspecified atom stereocenters. The molecule has 4 aromatic rings. The van der Waals surface area contributed by atoms with Crippen LogP contribution in [0.4, 0.5) is 0 Å². The van der Waals surface area contributed by atoms with Gasteiger partial charge in [-0.3, -0.25) is 0 Å². The van der Waals surface area contributed by atoms with Crippen molar-refractivity contribution in [1.29, 1.82) is 0 Å². The molecule has 0 amide bonds. The van der Waals surface area contributed by atoms with Crippen molar-refractivity contribution in [2.75, 3.05) is 0 Å². The first-order valence-electron chi connectivity index (χ1n) is 6.84. The molecule has 0 saturated heterocycles. The molecule has 1 atom stereocenters. The van der Waals surface area contributed by atoms with Crippen LogP contribution in [0.1, 0.15) is 0 Å². The molecule has 0 N–H and O–H groups in total. The van der Waals surface area contributed by atoms with Gasteiger partial charge < -0.3 is 4.42 Å². The summed E-state index contributed by atoms with van der Waals surface area (Å²) in [7, 11) is 0.599. The monoisotopic (exact) mass is 432 g/mol. The highest BCUT2D eigenvalue weighted by molar-refractivity contribution is 9.10. The third kappa shape index (κ3) is 2.62. The molecule has 0 aliphatic heterocycles. The number of halogens is 2. The summed E-state index contributed by atoms with van der Waals surface area (Å²) in [6.45, 7) is 0. The van der Waals surface area contributed by atoms with Gasteiger partial charge in [0.1, 0.15) is 11.2 Å². The lowest BCUT2D eigenvalue weighted by Crippen LogP contribution is -2.03. The van der Waals surface area contributed by atoms with Gasteiger partial charge in [-0.25, -0.2) is 0 Å². The predicted octanol–water partition coefficient (Wildman–Crippen LogP) is 5.74. The van der Waals surface area contributed by atoms with Crippen molar-refractivity contribution in [2.45, 2.75) is 0 Å². The maximum Gasteiger partial charge on any atom is 0.137 e. The van der Waals surface area contributed by atoms with Gasteiger partial charge in [-0.1, -0.05) is 70.8 Å². The van der Waals surface area contributed by atoms with Crippen LogP contribution in [0.2, 0.25) is 0 Å². The molecule has 0 bridgehead atoms. The number of hydrogen-bond acceptors (Lipinski definition) is 1. The summed E-state index contributed by atoms with van der Waals surface area (Å²) >= 11 is 7.16. The van der Waals surface area contributed by atoms with Crippen molar-refractivity contribution in [1.82, 2.24) is 0 Å². The van der Waals surface area contributed by atoms with Gasteiger partial charge in [0.25, 0.3) is 0 Å². The minimum atomic E-state index is 0.599. The lowest BCUT2D eigenvalue weighted by molar-refractivity contribution is 0.669. The van der Waals surface area contributed by atoms with E-state index in [1.54, 1.807) is 0 Å². The first-order valence-corrected chi connectivity index (χ1v) is 9.43. The summed E-state index contributed by atoms with van der Waals surface area (Å²) in [4.78, 5) is 0. The first-order chi connectivity index (χ1) is 10.7. The number of rotatable bonds is 2. The van der Waals surface area contributed by atoms with Crippen LogP contribution >= 0.6 is 40.4 Å².